The lowest BCUT2D eigenvalue weighted by Crippen LogP contribution is -2.55. The molecule has 3 saturated heterocycles. The van der Waals surface area contributed by atoms with Gasteiger partial charge in [-0.25, -0.2) is 4.85 Å². The number of piperidine rings is 3. The highest BCUT2D eigenvalue weighted by Gasteiger charge is 2.47. The van der Waals surface area contributed by atoms with Crippen molar-refractivity contribution in [3.63, 3.8) is 0 Å². The third-order valence-electron chi connectivity index (χ3n) is 13.1. The van der Waals surface area contributed by atoms with Crippen LogP contribution in [-0.4, -0.2) is 84.1 Å². The highest BCUT2D eigenvalue weighted by molar-refractivity contribution is 6.33. The summed E-state index contributed by atoms with van der Waals surface area (Å²) in [6.07, 6.45) is 6.52. The summed E-state index contributed by atoms with van der Waals surface area (Å²) >= 11 is 6.28. The first-order valence-corrected chi connectivity index (χ1v) is 20.1. The van der Waals surface area contributed by atoms with Gasteiger partial charge in [-0.05, 0) is 116 Å². The molecule has 3 aromatic carbocycles. The maximum Gasteiger partial charge on any atom is 0.262 e. The Kier molecular flexibility index (Phi) is 9.33. The molecule has 12 nitrogen and oxygen atoms in total. The van der Waals surface area contributed by atoms with Gasteiger partial charge in [0.2, 0.25) is 17.5 Å². The molecule has 1 unspecified atom stereocenters. The van der Waals surface area contributed by atoms with Crippen molar-refractivity contribution in [3.05, 3.63) is 98.9 Å². The van der Waals surface area contributed by atoms with Gasteiger partial charge in [-0.2, -0.15) is 0 Å². The molecule has 4 fully saturated rings. The molecule has 3 aromatic rings. The summed E-state index contributed by atoms with van der Waals surface area (Å²) in [5, 5.41) is 6.02. The summed E-state index contributed by atoms with van der Waals surface area (Å²) in [6, 6.07) is 16.6. The number of nitrogens with one attached hydrogen (secondary N) is 2. The smallest absolute Gasteiger partial charge is 0.262 e. The Balaban J connectivity index is 0.717. The van der Waals surface area contributed by atoms with E-state index in [1.54, 1.807) is 6.07 Å². The lowest BCUT2D eigenvalue weighted by atomic mass is 9.60. The van der Waals surface area contributed by atoms with Crippen LogP contribution in [0.3, 0.4) is 0 Å². The molecule has 1 aliphatic carbocycles. The van der Waals surface area contributed by atoms with Crippen LogP contribution in [0.25, 0.3) is 4.85 Å². The molecular formula is C43H44ClN7O5. The van der Waals surface area contributed by atoms with Crippen LogP contribution in [-0.2, 0) is 22.7 Å². The molecule has 1 atom stereocenters. The van der Waals surface area contributed by atoms with E-state index in [0.717, 1.165) is 98.7 Å². The molecule has 288 valence electrons. The van der Waals surface area contributed by atoms with Gasteiger partial charge in [0.1, 0.15) is 6.04 Å². The minimum absolute atomic E-state index is 0.0145. The first-order valence-electron chi connectivity index (χ1n) is 19.7. The number of rotatable bonds is 7. The quantitative estimate of drug-likeness (QED) is 0.231. The number of imide groups is 2. The van der Waals surface area contributed by atoms with Gasteiger partial charge >= 0.3 is 0 Å². The summed E-state index contributed by atoms with van der Waals surface area (Å²) in [4.78, 5) is 75.4. The number of halogens is 1. The van der Waals surface area contributed by atoms with Gasteiger partial charge in [0.15, 0.2) is 0 Å². The number of amides is 5. The molecule has 56 heavy (non-hydrogen) atoms. The molecule has 0 bridgehead atoms. The van der Waals surface area contributed by atoms with Crippen LogP contribution in [0, 0.1) is 17.9 Å². The van der Waals surface area contributed by atoms with Crippen LogP contribution in [0.4, 0.5) is 17.1 Å². The van der Waals surface area contributed by atoms with E-state index < -0.39 is 23.8 Å². The van der Waals surface area contributed by atoms with Crippen molar-refractivity contribution in [2.45, 2.75) is 76.5 Å². The molecule has 1 spiro atoms. The van der Waals surface area contributed by atoms with Crippen molar-refractivity contribution in [3.8, 4) is 0 Å². The average Bonchev–Trinajstić information content (AvgIpc) is 3.69. The fraction of sp³-hybridized carbons (Fsp3) is 0.442. The summed E-state index contributed by atoms with van der Waals surface area (Å²) in [5.41, 5.74) is 6.42. The van der Waals surface area contributed by atoms with Crippen LogP contribution < -0.4 is 20.4 Å². The number of fused-ring (bicyclic) bond motifs is 2. The Morgan fingerprint density at radius 1 is 0.839 bits per heavy atom. The zero-order chi connectivity index (χ0) is 38.7. The molecule has 2 N–H and O–H groups in total. The second kappa shape index (κ2) is 14.4. The summed E-state index contributed by atoms with van der Waals surface area (Å²) in [6.45, 7) is 13.4. The summed E-state index contributed by atoms with van der Waals surface area (Å²) < 4.78 is 0. The lowest BCUT2D eigenvalue weighted by molar-refractivity contribution is -0.136. The van der Waals surface area contributed by atoms with Crippen molar-refractivity contribution in [2.24, 2.45) is 11.3 Å². The molecule has 0 aromatic heterocycles. The number of carbonyl (C=O) groups excluding carboxylic acids is 5. The Morgan fingerprint density at radius 3 is 2.07 bits per heavy atom. The number of hydrogen-bond donors (Lipinski definition) is 2. The van der Waals surface area contributed by atoms with Crippen molar-refractivity contribution >= 4 is 58.2 Å². The van der Waals surface area contributed by atoms with Gasteiger partial charge in [-0.3, -0.25) is 39.1 Å². The van der Waals surface area contributed by atoms with E-state index in [1.165, 1.54) is 0 Å². The molecule has 6 aliphatic rings. The number of nitrogens with zero attached hydrogens (tertiary/aromatic N) is 5. The van der Waals surface area contributed by atoms with Crippen molar-refractivity contribution < 1.29 is 24.0 Å². The SMILES string of the molecule is [C-]#[N+]c1ccc(N2CCC3(CC2)CC(NC(=O)c2ccc(N4CCC(CN5Cc6cc7c(cc6C5)C(=O)N(C5CCC(=O)NC5=O)C7=O)CC4)cc2)C3)cc1Cl. The number of anilines is 2. The third-order valence-corrected chi connectivity index (χ3v) is 13.4. The van der Waals surface area contributed by atoms with E-state index in [2.05, 4.69) is 42.3 Å². The van der Waals surface area contributed by atoms with Crippen LogP contribution in [0.5, 0.6) is 0 Å². The fourth-order valence-electron chi connectivity index (χ4n) is 9.92. The first-order chi connectivity index (χ1) is 27.1. The number of carbonyl (C=O) groups is 5. The Morgan fingerprint density at radius 2 is 1.46 bits per heavy atom. The number of hydrogen-bond acceptors (Lipinski definition) is 8. The molecule has 9 rings (SSSR count). The molecule has 5 aliphatic heterocycles. The molecule has 13 heteroatoms. The largest absolute Gasteiger partial charge is 0.372 e. The van der Waals surface area contributed by atoms with Crippen molar-refractivity contribution in [1.82, 2.24) is 20.4 Å². The monoisotopic (exact) mass is 773 g/mol. The van der Waals surface area contributed by atoms with Gasteiger partial charge in [0.25, 0.3) is 17.7 Å². The van der Waals surface area contributed by atoms with E-state index in [9.17, 15) is 24.0 Å². The summed E-state index contributed by atoms with van der Waals surface area (Å²) in [7, 11) is 0. The van der Waals surface area contributed by atoms with Crippen LogP contribution in [0.2, 0.25) is 5.02 Å². The van der Waals surface area contributed by atoms with Crippen LogP contribution in [0.1, 0.15) is 93.6 Å². The fourth-order valence-corrected chi connectivity index (χ4v) is 10.1. The van der Waals surface area contributed by atoms with Gasteiger partial charge in [-0.1, -0.05) is 17.7 Å². The highest BCUT2D eigenvalue weighted by atomic mass is 35.5. The standard InChI is InChI=1S/C43H44ClN7O5/c1-45-36-7-6-32(20-35(36)44)50-16-12-43(13-17-50)21-30(22-43)46-39(53)27-2-4-31(5-3-27)49-14-10-26(11-15-49)23-48-24-28-18-33-34(19-29(28)25-48)42(56)51(41(33)55)37-8-9-38(52)47-40(37)54/h2-7,18-20,26,30,37H,8-17,21-25H2,(H,46,53)(H,47,52,54). The van der Waals surface area contributed by atoms with E-state index in [1.807, 2.05) is 36.4 Å². The molecular weight excluding hydrogens is 730 g/mol. The zero-order valence-corrected chi connectivity index (χ0v) is 31.9. The average molecular weight is 774 g/mol. The maximum atomic E-state index is 13.3. The van der Waals surface area contributed by atoms with Crippen LogP contribution >= 0.6 is 11.6 Å². The Bertz CT molecular complexity index is 2130. The zero-order valence-electron chi connectivity index (χ0n) is 31.2. The molecule has 5 heterocycles. The highest BCUT2D eigenvalue weighted by Crippen LogP contribution is 2.50. The maximum absolute atomic E-state index is 13.3. The van der Waals surface area contributed by atoms with E-state index in [0.29, 0.717) is 46.4 Å². The number of benzene rings is 3. The van der Waals surface area contributed by atoms with Gasteiger partial charge in [-0.15, -0.1) is 0 Å². The Labute approximate surface area is 330 Å². The van der Waals surface area contributed by atoms with Gasteiger partial charge in [0, 0.05) is 80.2 Å². The lowest BCUT2D eigenvalue weighted by Gasteiger charge is -2.52. The molecule has 0 radical (unpaired) electrons. The van der Waals surface area contributed by atoms with Crippen molar-refractivity contribution in [2.75, 3.05) is 42.5 Å². The topological polar surface area (TPSA) is 127 Å². The van der Waals surface area contributed by atoms with E-state index >= 15 is 0 Å². The van der Waals surface area contributed by atoms with E-state index in [4.69, 9.17) is 18.2 Å². The van der Waals surface area contributed by atoms with E-state index in [-0.39, 0.29) is 36.1 Å². The minimum atomic E-state index is -0.958. The second-order valence-corrected chi connectivity index (χ2v) is 17.0. The summed E-state index contributed by atoms with van der Waals surface area (Å²) in [5.74, 6) is -1.40. The van der Waals surface area contributed by atoms with Gasteiger partial charge in [0.05, 0.1) is 17.7 Å². The second-order valence-electron chi connectivity index (χ2n) is 16.6. The molecule has 5 amide bonds. The normalized spacial score (nSPS) is 22.5. The van der Waals surface area contributed by atoms with Crippen molar-refractivity contribution in [1.29, 1.82) is 0 Å². The Hall–Kier alpha value is -5.25. The van der Waals surface area contributed by atoms with Gasteiger partial charge < -0.3 is 15.1 Å². The predicted octanol–water partition coefficient (Wildman–Crippen LogP) is 5.70. The minimum Gasteiger partial charge on any atom is -0.372 e. The first kappa shape index (κ1) is 36.4. The third kappa shape index (κ3) is 6.71. The predicted molar refractivity (Wildman–Crippen MR) is 211 cm³/mol. The van der Waals surface area contributed by atoms with Crippen LogP contribution in [0.15, 0.2) is 54.6 Å². The molecule has 1 saturated carbocycles.